The minimum atomic E-state index is 0. The van der Waals surface area contributed by atoms with Crippen LogP contribution in [-0.2, 0) is 21.1 Å². The third kappa shape index (κ3) is 2.64. The van der Waals surface area contributed by atoms with Crippen LogP contribution in [-0.4, -0.2) is 0 Å². The molecule has 21 heavy (non-hydrogen) atoms. The number of hydrogen-bond donors (Lipinski definition) is 0. The summed E-state index contributed by atoms with van der Waals surface area (Å²) in [6.07, 6.45) is 0. The maximum Gasteiger partial charge on any atom is 2.00 e. The summed E-state index contributed by atoms with van der Waals surface area (Å²) in [6, 6.07) is 31.9. The molecule has 0 aromatic heterocycles. The van der Waals surface area contributed by atoms with Crippen molar-refractivity contribution in [2.75, 3.05) is 0 Å². The summed E-state index contributed by atoms with van der Waals surface area (Å²) in [7, 11) is 0. The summed E-state index contributed by atoms with van der Waals surface area (Å²) in [5.41, 5.74) is 2.18. The topological polar surface area (TPSA) is 0 Å². The second-order valence-electron chi connectivity index (χ2n) is 4.95. The second kappa shape index (κ2) is 5.83. The monoisotopic (exact) mass is 436 g/mol. The van der Waals surface area contributed by atoms with E-state index in [2.05, 4.69) is 72.8 Å². The molecule has 0 aliphatic rings. The summed E-state index contributed by atoms with van der Waals surface area (Å²) in [5, 5.41) is 4.92. The van der Waals surface area contributed by atoms with Crippen molar-refractivity contribution in [1.82, 2.24) is 0 Å². The van der Waals surface area contributed by atoms with Crippen molar-refractivity contribution in [2.45, 2.75) is 0 Å². The fourth-order valence-corrected chi connectivity index (χ4v) is 2.56. The molecule has 0 aliphatic heterocycles. The van der Waals surface area contributed by atoms with Crippen LogP contribution in [0.1, 0.15) is 0 Å². The molecule has 4 rings (SSSR count). The predicted octanol–water partition coefficient (Wildman–Crippen LogP) is 5.26. The molecular weight excluding hydrogens is 424 g/mol. The minimum Gasteiger partial charge on any atom is -0.226 e. The van der Waals surface area contributed by atoms with Crippen LogP contribution >= 0.6 is 0 Å². The van der Waals surface area contributed by atoms with Crippen molar-refractivity contribution in [3.63, 3.8) is 0 Å². The molecule has 0 nitrogen and oxygen atoms in total. The van der Waals surface area contributed by atoms with Crippen molar-refractivity contribution in [3.8, 4) is 11.1 Å². The summed E-state index contributed by atoms with van der Waals surface area (Å²) in [4.78, 5) is 0. The van der Waals surface area contributed by atoms with Gasteiger partial charge in [-0.3, -0.25) is 0 Å². The Bertz CT molecular complexity index is 832. The van der Waals surface area contributed by atoms with Gasteiger partial charge in [-0.2, -0.15) is 24.3 Å². The quantitative estimate of drug-likeness (QED) is 0.358. The van der Waals surface area contributed by atoms with Gasteiger partial charge in [-0.05, 0) is 0 Å². The zero-order valence-electron chi connectivity index (χ0n) is 11.3. The Balaban J connectivity index is 0.00000132. The Kier molecular flexibility index (Phi) is 3.90. The first-order valence-electron chi connectivity index (χ1n) is 6.71. The second-order valence-corrected chi connectivity index (χ2v) is 4.95. The maximum absolute atomic E-state index is 3.36. The van der Waals surface area contributed by atoms with E-state index in [9.17, 15) is 0 Å². The molecule has 0 heterocycles. The average Bonchev–Trinajstić information content (AvgIpc) is 2.54. The zero-order chi connectivity index (χ0) is 13.4. The fourth-order valence-electron chi connectivity index (χ4n) is 2.56. The van der Waals surface area contributed by atoms with Crippen molar-refractivity contribution < 1.29 is 21.1 Å². The molecule has 4 aromatic carbocycles. The van der Waals surface area contributed by atoms with Gasteiger partial charge in [0.2, 0.25) is 0 Å². The Labute approximate surface area is 138 Å². The fraction of sp³-hybridized carbons (Fsp3) is 0. The molecule has 0 saturated heterocycles. The van der Waals surface area contributed by atoms with E-state index in [1.54, 1.807) is 0 Å². The van der Waals surface area contributed by atoms with Gasteiger partial charge < -0.3 is 0 Å². The van der Waals surface area contributed by atoms with E-state index in [4.69, 9.17) is 0 Å². The van der Waals surface area contributed by atoms with Crippen LogP contribution in [0, 0.1) is 12.1 Å². The van der Waals surface area contributed by atoms with Crippen LogP contribution in [0.4, 0.5) is 0 Å². The predicted molar refractivity (Wildman–Crippen MR) is 84.6 cm³/mol. The molecule has 98 valence electrons. The summed E-state index contributed by atoms with van der Waals surface area (Å²) in [5.74, 6) is 0. The molecule has 0 radical (unpaired) electrons. The first-order valence-corrected chi connectivity index (χ1v) is 6.71. The molecule has 0 saturated carbocycles. The van der Waals surface area contributed by atoms with Gasteiger partial charge in [0.05, 0.1) is 0 Å². The normalized spacial score (nSPS) is 10.5. The number of benzene rings is 4. The van der Waals surface area contributed by atoms with E-state index in [1.807, 2.05) is 12.1 Å². The van der Waals surface area contributed by atoms with E-state index in [0.717, 1.165) is 11.1 Å². The van der Waals surface area contributed by atoms with Crippen molar-refractivity contribution in [2.24, 2.45) is 0 Å². The van der Waals surface area contributed by atoms with E-state index >= 15 is 0 Å². The molecule has 0 spiro atoms. The smallest absolute Gasteiger partial charge is 0.226 e. The summed E-state index contributed by atoms with van der Waals surface area (Å²) >= 11 is 0. The van der Waals surface area contributed by atoms with Crippen molar-refractivity contribution in [3.05, 3.63) is 84.9 Å². The molecule has 0 aliphatic carbocycles. The number of hydrogen-bond acceptors (Lipinski definition) is 0. The van der Waals surface area contributed by atoms with Gasteiger partial charge in [0.1, 0.15) is 0 Å². The third-order valence-electron chi connectivity index (χ3n) is 3.65. The third-order valence-corrected chi connectivity index (χ3v) is 3.65. The average molecular weight is 436 g/mol. The number of rotatable bonds is 1. The van der Waals surface area contributed by atoms with Crippen LogP contribution in [0.3, 0.4) is 0 Å². The van der Waals surface area contributed by atoms with E-state index in [1.165, 1.54) is 21.5 Å². The van der Waals surface area contributed by atoms with Gasteiger partial charge >= 0.3 is 21.1 Å². The van der Waals surface area contributed by atoms with Gasteiger partial charge in [0.25, 0.3) is 0 Å². The Morgan fingerprint density at radius 2 is 0.905 bits per heavy atom. The SMILES string of the molecule is [W+2].[c-]1cc2ccccc2cc1-c1[c-]cc2ccccc2c1. The van der Waals surface area contributed by atoms with E-state index in [-0.39, 0.29) is 21.1 Å². The molecule has 0 fully saturated rings. The molecule has 0 amide bonds. The first kappa shape index (κ1) is 14.0. The van der Waals surface area contributed by atoms with Gasteiger partial charge in [-0.1, -0.05) is 48.5 Å². The Morgan fingerprint density at radius 1 is 0.524 bits per heavy atom. The minimum absolute atomic E-state index is 0. The van der Waals surface area contributed by atoms with Gasteiger partial charge in [0.15, 0.2) is 0 Å². The zero-order valence-corrected chi connectivity index (χ0v) is 14.3. The van der Waals surface area contributed by atoms with E-state index < -0.39 is 0 Å². The first-order chi connectivity index (χ1) is 9.90. The molecule has 0 unspecified atom stereocenters. The van der Waals surface area contributed by atoms with Crippen molar-refractivity contribution in [1.29, 1.82) is 0 Å². The largest absolute Gasteiger partial charge is 2.00 e. The van der Waals surface area contributed by atoms with Gasteiger partial charge in [-0.15, -0.1) is 33.7 Å². The molecule has 0 atom stereocenters. The maximum atomic E-state index is 3.36. The van der Waals surface area contributed by atoms with Gasteiger partial charge in [-0.25, -0.2) is 11.1 Å². The molecular formula is C20H12W. The standard InChI is InChI=1S/C20H12.W/c1-3-7-17-13-19(11-9-15(17)5-1)20-12-10-16-6-2-4-8-18(16)14-20;/h1-10,13-14H;/q-2;+2. The summed E-state index contributed by atoms with van der Waals surface area (Å²) < 4.78 is 0. The summed E-state index contributed by atoms with van der Waals surface area (Å²) in [6.45, 7) is 0. The Morgan fingerprint density at radius 3 is 1.33 bits per heavy atom. The molecule has 1 heteroatoms. The van der Waals surface area contributed by atoms with Crippen LogP contribution in [0.15, 0.2) is 72.8 Å². The molecule has 0 N–H and O–H groups in total. The Hall–Kier alpha value is -1.91. The van der Waals surface area contributed by atoms with Crippen LogP contribution in [0.2, 0.25) is 0 Å². The van der Waals surface area contributed by atoms with Crippen LogP contribution in [0.5, 0.6) is 0 Å². The van der Waals surface area contributed by atoms with Crippen molar-refractivity contribution >= 4 is 21.5 Å². The van der Waals surface area contributed by atoms with Crippen LogP contribution in [0.25, 0.3) is 32.7 Å². The van der Waals surface area contributed by atoms with Crippen LogP contribution < -0.4 is 0 Å². The van der Waals surface area contributed by atoms with Gasteiger partial charge in [0, 0.05) is 0 Å². The number of fused-ring (bicyclic) bond motifs is 2. The molecule has 4 aromatic rings. The molecule has 0 bridgehead atoms. The van der Waals surface area contributed by atoms with E-state index in [0.29, 0.717) is 0 Å².